The Kier molecular flexibility index (Phi) is 7.16. The van der Waals surface area contributed by atoms with E-state index in [0.29, 0.717) is 38.9 Å². The highest BCUT2D eigenvalue weighted by Gasteiger charge is 2.28. The fourth-order valence-electron chi connectivity index (χ4n) is 1.51. The summed E-state index contributed by atoms with van der Waals surface area (Å²) in [5, 5.41) is 3.26. The molecular weight excluding hydrogens is 222 g/mol. The molecule has 5 nitrogen and oxygen atoms in total. The maximum Gasteiger partial charge on any atom is 0.322 e. The van der Waals surface area contributed by atoms with Crippen LogP contribution in [0, 0.1) is 0 Å². The second-order valence-electron chi connectivity index (χ2n) is 4.11. The predicted molar refractivity (Wildman–Crippen MR) is 63.9 cm³/mol. The fraction of sp³-hybridized carbons (Fsp3) is 0.917. The number of ether oxygens (including phenoxy) is 3. The van der Waals surface area contributed by atoms with E-state index in [-0.39, 0.29) is 12.0 Å². The Morgan fingerprint density at radius 2 is 2.00 bits per heavy atom. The zero-order valence-electron chi connectivity index (χ0n) is 10.7. The maximum absolute atomic E-state index is 11.5. The van der Waals surface area contributed by atoms with Crippen LogP contribution in [0.4, 0.5) is 0 Å². The smallest absolute Gasteiger partial charge is 0.322 e. The molecule has 1 atom stereocenters. The van der Waals surface area contributed by atoms with E-state index in [2.05, 4.69) is 5.32 Å². The van der Waals surface area contributed by atoms with Crippen molar-refractivity contribution in [1.29, 1.82) is 0 Å². The summed E-state index contributed by atoms with van der Waals surface area (Å²) < 4.78 is 15.3. The first-order valence-electron chi connectivity index (χ1n) is 6.27. The van der Waals surface area contributed by atoms with Gasteiger partial charge in [0.05, 0.1) is 20.3 Å². The van der Waals surface area contributed by atoms with Gasteiger partial charge in [-0.1, -0.05) is 0 Å². The third-order valence-electron chi connectivity index (χ3n) is 2.63. The molecule has 1 N–H and O–H groups in total. The Balaban J connectivity index is 2.08. The van der Waals surface area contributed by atoms with Gasteiger partial charge in [-0.25, -0.2) is 0 Å². The van der Waals surface area contributed by atoms with Crippen LogP contribution >= 0.6 is 0 Å². The normalized spacial score (nSPS) is 16.8. The largest absolute Gasteiger partial charge is 0.468 e. The van der Waals surface area contributed by atoms with E-state index < -0.39 is 0 Å². The number of hydrogen-bond acceptors (Lipinski definition) is 5. The van der Waals surface area contributed by atoms with Gasteiger partial charge in [-0.15, -0.1) is 0 Å². The fourth-order valence-corrected chi connectivity index (χ4v) is 1.51. The van der Waals surface area contributed by atoms with Gasteiger partial charge in [0.2, 0.25) is 0 Å². The summed E-state index contributed by atoms with van der Waals surface area (Å²) in [6, 6.07) is 0.252. The Labute approximate surface area is 103 Å². The van der Waals surface area contributed by atoms with E-state index in [1.807, 2.05) is 6.92 Å². The molecule has 1 fully saturated rings. The third kappa shape index (κ3) is 6.61. The number of hydrogen-bond donors (Lipinski definition) is 1. The molecule has 17 heavy (non-hydrogen) atoms. The number of methoxy groups -OCH3 is 1. The summed E-state index contributed by atoms with van der Waals surface area (Å²) in [6.45, 7) is 4.39. The molecule has 0 heterocycles. The Hall–Kier alpha value is -0.650. The Morgan fingerprint density at radius 1 is 1.29 bits per heavy atom. The molecule has 1 aliphatic rings. The standard InChI is InChI=1S/C12H23NO4/c1-3-16-8-9-17-7-6-11(12(14)15-2)13-10-4-5-10/h10-11,13H,3-9H2,1-2H3. The van der Waals surface area contributed by atoms with Crippen LogP contribution in [0.2, 0.25) is 0 Å². The van der Waals surface area contributed by atoms with Crippen molar-refractivity contribution < 1.29 is 19.0 Å². The minimum absolute atomic E-state index is 0.203. The van der Waals surface area contributed by atoms with Crippen LogP contribution in [0.15, 0.2) is 0 Å². The molecule has 100 valence electrons. The van der Waals surface area contributed by atoms with Crippen LogP contribution in [-0.2, 0) is 19.0 Å². The van der Waals surface area contributed by atoms with Gasteiger partial charge in [0, 0.05) is 19.3 Å². The second kappa shape index (κ2) is 8.44. The first kappa shape index (κ1) is 14.4. The van der Waals surface area contributed by atoms with Crippen LogP contribution in [0.5, 0.6) is 0 Å². The van der Waals surface area contributed by atoms with Gasteiger partial charge in [0.1, 0.15) is 6.04 Å². The molecule has 1 rings (SSSR count). The summed E-state index contributed by atoms with van der Waals surface area (Å²) in [5.41, 5.74) is 0. The van der Waals surface area contributed by atoms with Crippen LogP contribution in [-0.4, -0.2) is 51.6 Å². The first-order chi connectivity index (χ1) is 8.27. The second-order valence-corrected chi connectivity index (χ2v) is 4.11. The summed E-state index contributed by atoms with van der Waals surface area (Å²) >= 11 is 0. The first-order valence-corrected chi connectivity index (χ1v) is 6.27. The molecule has 0 saturated heterocycles. The van der Waals surface area contributed by atoms with E-state index in [1.165, 1.54) is 7.11 Å². The summed E-state index contributed by atoms with van der Waals surface area (Å²) in [6.07, 6.45) is 2.95. The zero-order valence-corrected chi connectivity index (χ0v) is 10.7. The molecule has 0 radical (unpaired) electrons. The van der Waals surface area contributed by atoms with Crippen molar-refractivity contribution in [2.45, 2.75) is 38.3 Å². The molecular formula is C12H23NO4. The van der Waals surface area contributed by atoms with Crippen LogP contribution in [0.25, 0.3) is 0 Å². The van der Waals surface area contributed by atoms with Crippen LogP contribution in [0.3, 0.4) is 0 Å². The van der Waals surface area contributed by atoms with Crippen molar-refractivity contribution in [1.82, 2.24) is 5.32 Å². The molecule has 1 aliphatic carbocycles. The maximum atomic E-state index is 11.5. The van der Waals surface area contributed by atoms with Crippen molar-refractivity contribution in [3.05, 3.63) is 0 Å². The number of carbonyl (C=O) groups excluding carboxylic acids is 1. The SMILES string of the molecule is CCOCCOCCC(NC1CC1)C(=O)OC. The van der Waals surface area contributed by atoms with Crippen molar-refractivity contribution in [3.63, 3.8) is 0 Å². The predicted octanol–water partition coefficient (Wildman–Crippen LogP) is 0.723. The molecule has 1 unspecified atom stereocenters. The molecule has 1 saturated carbocycles. The van der Waals surface area contributed by atoms with Crippen LogP contribution < -0.4 is 5.32 Å². The lowest BCUT2D eigenvalue weighted by atomic mass is 10.2. The van der Waals surface area contributed by atoms with E-state index in [9.17, 15) is 4.79 Å². The minimum Gasteiger partial charge on any atom is -0.468 e. The average Bonchev–Trinajstić information content (AvgIpc) is 3.15. The van der Waals surface area contributed by atoms with E-state index in [0.717, 1.165) is 12.8 Å². The molecule has 0 aromatic rings. The van der Waals surface area contributed by atoms with Crippen molar-refractivity contribution in [3.8, 4) is 0 Å². The lowest BCUT2D eigenvalue weighted by Gasteiger charge is -2.15. The average molecular weight is 245 g/mol. The third-order valence-corrected chi connectivity index (χ3v) is 2.63. The van der Waals surface area contributed by atoms with Gasteiger partial charge in [-0.3, -0.25) is 4.79 Å². The highest BCUT2D eigenvalue weighted by atomic mass is 16.5. The van der Waals surface area contributed by atoms with Crippen molar-refractivity contribution >= 4 is 5.97 Å². The van der Waals surface area contributed by atoms with Gasteiger partial charge in [0.15, 0.2) is 0 Å². The lowest BCUT2D eigenvalue weighted by Crippen LogP contribution is -2.39. The molecule has 0 aromatic carbocycles. The number of rotatable bonds is 10. The topological polar surface area (TPSA) is 56.8 Å². The van der Waals surface area contributed by atoms with Gasteiger partial charge in [-0.05, 0) is 26.2 Å². The van der Waals surface area contributed by atoms with E-state index >= 15 is 0 Å². The van der Waals surface area contributed by atoms with Crippen LogP contribution in [0.1, 0.15) is 26.2 Å². The van der Waals surface area contributed by atoms with Gasteiger partial charge in [0.25, 0.3) is 0 Å². The zero-order chi connectivity index (χ0) is 12.5. The summed E-state index contributed by atoms with van der Waals surface area (Å²) in [7, 11) is 1.42. The van der Waals surface area contributed by atoms with Gasteiger partial charge in [-0.2, -0.15) is 0 Å². The number of carbonyl (C=O) groups is 1. The number of esters is 1. The molecule has 0 bridgehead atoms. The Bertz CT molecular complexity index is 219. The monoisotopic (exact) mass is 245 g/mol. The van der Waals surface area contributed by atoms with E-state index in [1.54, 1.807) is 0 Å². The molecule has 0 aliphatic heterocycles. The summed E-state index contributed by atoms with van der Waals surface area (Å²) in [4.78, 5) is 11.5. The van der Waals surface area contributed by atoms with Crippen molar-refractivity contribution in [2.75, 3.05) is 33.5 Å². The molecule has 0 aromatic heterocycles. The molecule has 0 amide bonds. The highest BCUT2D eigenvalue weighted by Crippen LogP contribution is 2.20. The summed E-state index contributed by atoms with van der Waals surface area (Å²) in [5.74, 6) is -0.203. The van der Waals surface area contributed by atoms with E-state index in [4.69, 9.17) is 14.2 Å². The van der Waals surface area contributed by atoms with Crippen molar-refractivity contribution in [2.24, 2.45) is 0 Å². The number of nitrogens with one attached hydrogen (secondary N) is 1. The van der Waals surface area contributed by atoms with Gasteiger partial charge < -0.3 is 19.5 Å². The quantitative estimate of drug-likeness (QED) is 0.454. The van der Waals surface area contributed by atoms with Gasteiger partial charge >= 0.3 is 5.97 Å². The lowest BCUT2D eigenvalue weighted by molar-refractivity contribution is -0.143. The molecule has 0 spiro atoms. The highest BCUT2D eigenvalue weighted by molar-refractivity contribution is 5.75. The minimum atomic E-state index is -0.236. The molecule has 5 heteroatoms. The Morgan fingerprint density at radius 3 is 2.59 bits per heavy atom.